The lowest BCUT2D eigenvalue weighted by Crippen LogP contribution is -2.61. The minimum Gasteiger partial charge on any atom is -0.507 e. The quantitative estimate of drug-likeness (QED) is 0.0917. The molecule has 3 aliphatic heterocycles. The molecule has 298 valence electrons. The molecular weight excluding hydrogens is 732 g/mol. The molecule has 54 heavy (non-hydrogen) atoms. The van der Waals surface area contributed by atoms with Gasteiger partial charge in [0.05, 0.1) is 19.3 Å². The highest BCUT2D eigenvalue weighted by molar-refractivity contribution is 5.88. The number of hydrogen-bond donors (Lipinski definition) is 13. The van der Waals surface area contributed by atoms with E-state index in [4.69, 9.17) is 32.8 Å². The number of hydrogen-bond acceptors (Lipinski definition) is 21. The molecule has 3 aromatic rings. The first kappa shape index (κ1) is 39.8. The zero-order valence-corrected chi connectivity index (χ0v) is 28.0. The van der Waals surface area contributed by atoms with E-state index >= 15 is 0 Å². The van der Waals surface area contributed by atoms with Crippen molar-refractivity contribution in [2.75, 3.05) is 13.2 Å². The van der Waals surface area contributed by atoms with Gasteiger partial charge in [0.1, 0.15) is 89.6 Å². The van der Waals surface area contributed by atoms with Crippen LogP contribution in [0.15, 0.2) is 39.5 Å². The van der Waals surface area contributed by atoms with Crippen molar-refractivity contribution in [2.45, 2.75) is 99.0 Å². The Morgan fingerprint density at radius 1 is 0.630 bits per heavy atom. The van der Waals surface area contributed by atoms with Gasteiger partial charge in [-0.1, -0.05) is 0 Å². The molecule has 21 heteroatoms. The SMILES string of the molecule is C[C@@H]1O[C@@H](OC[C@H]2O[C@@H](Oc3cc(O)c4c(=O)c(O[C@@H]5O[C@@H](CO)[C@@H](O)[C@H](O)[C@H]5O)c(-c5ccc(O)c(O)c5)oc4c3)[C@H](O)[C@@H](O)[C@@H]2O)[C@@H](O)[C@@H](O)[C@H]1O. The fraction of sp³-hybridized carbons (Fsp3) is 0.545. The molecule has 6 rings (SSSR count). The van der Waals surface area contributed by atoms with Gasteiger partial charge in [0, 0.05) is 17.7 Å². The van der Waals surface area contributed by atoms with Crippen LogP contribution < -0.4 is 14.9 Å². The van der Waals surface area contributed by atoms with Crippen LogP contribution in [0.3, 0.4) is 0 Å². The Labute approximate surface area is 303 Å². The molecular formula is C33H40O21. The van der Waals surface area contributed by atoms with Crippen LogP contribution in [0.1, 0.15) is 6.92 Å². The van der Waals surface area contributed by atoms with Gasteiger partial charge < -0.3 is 99.2 Å². The molecule has 3 saturated heterocycles. The van der Waals surface area contributed by atoms with Crippen LogP contribution in [-0.4, -0.2) is 172 Å². The van der Waals surface area contributed by atoms with Crippen molar-refractivity contribution in [2.24, 2.45) is 0 Å². The topological polar surface area (TPSA) is 349 Å². The molecule has 3 aliphatic rings. The molecule has 0 bridgehead atoms. The van der Waals surface area contributed by atoms with Crippen molar-refractivity contribution in [1.82, 2.24) is 0 Å². The van der Waals surface area contributed by atoms with Crippen molar-refractivity contribution in [1.29, 1.82) is 0 Å². The molecule has 21 nitrogen and oxygen atoms in total. The van der Waals surface area contributed by atoms with Crippen LogP contribution in [0, 0.1) is 0 Å². The fourth-order valence-electron chi connectivity index (χ4n) is 6.19. The van der Waals surface area contributed by atoms with Crippen molar-refractivity contribution >= 4 is 11.0 Å². The maximum atomic E-state index is 13.9. The van der Waals surface area contributed by atoms with E-state index in [1.165, 1.54) is 13.0 Å². The lowest BCUT2D eigenvalue weighted by Gasteiger charge is -2.42. The smallest absolute Gasteiger partial charge is 0.239 e. The van der Waals surface area contributed by atoms with Crippen molar-refractivity contribution in [3.05, 3.63) is 40.6 Å². The normalized spacial score (nSPS) is 37.3. The van der Waals surface area contributed by atoms with Crippen molar-refractivity contribution < 1.29 is 99.2 Å². The van der Waals surface area contributed by atoms with Crippen LogP contribution in [0.25, 0.3) is 22.3 Å². The summed E-state index contributed by atoms with van der Waals surface area (Å²) in [6, 6.07) is 5.15. The first-order valence-corrected chi connectivity index (χ1v) is 16.5. The van der Waals surface area contributed by atoms with Crippen LogP contribution in [-0.2, 0) is 18.9 Å². The highest BCUT2D eigenvalue weighted by atomic mass is 16.7. The lowest BCUT2D eigenvalue weighted by atomic mass is 9.98. The molecule has 0 amide bonds. The summed E-state index contributed by atoms with van der Waals surface area (Å²) in [6.45, 7) is -0.00631. The Bertz CT molecular complexity index is 1850. The minimum absolute atomic E-state index is 0.107. The third-order valence-corrected chi connectivity index (χ3v) is 9.38. The second kappa shape index (κ2) is 15.7. The summed E-state index contributed by atoms with van der Waals surface area (Å²) < 4.78 is 39.1. The van der Waals surface area contributed by atoms with E-state index in [-0.39, 0.29) is 11.3 Å². The molecule has 15 atom stereocenters. The standard InChI is InChI=1S/C33H40O21/c1-9-19(38)23(42)26(45)31(49-9)48-8-17-21(40)25(44)27(46)32(53-17)50-11-5-14(37)18-15(6-11)51-29(10-2-3-12(35)13(36)4-10)30(22(18)41)54-33-28(47)24(43)20(39)16(7-34)52-33/h2-6,9,16-17,19-21,23-28,31-40,42-47H,7-8H2,1H3/t9-,16-,17+,19-,20+,21+,23-,24-,25-,26-,27+,28+,31+,32+,33-/m0/s1. The van der Waals surface area contributed by atoms with E-state index in [1.807, 2.05) is 0 Å². The second-order valence-corrected chi connectivity index (χ2v) is 13.1. The molecule has 13 N–H and O–H groups in total. The number of aliphatic hydroxyl groups excluding tert-OH is 10. The summed E-state index contributed by atoms with van der Waals surface area (Å²) in [4.78, 5) is 13.9. The minimum atomic E-state index is -1.98. The number of benzene rings is 2. The van der Waals surface area contributed by atoms with Gasteiger partial charge in [-0.05, 0) is 25.1 Å². The van der Waals surface area contributed by atoms with Gasteiger partial charge in [-0.15, -0.1) is 0 Å². The van der Waals surface area contributed by atoms with E-state index in [0.717, 1.165) is 24.3 Å². The van der Waals surface area contributed by atoms with Crippen LogP contribution in [0.4, 0.5) is 0 Å². The summed E-state index contributed by atoms with van der Waals surface area (Å²) >= 11 is 0. The van der Waals surface area contributed by atoms with E-state index in [2.05, 4.69) is 0 Å². The van der Waals surface area contributed by atoms with Crippen LogP contribution in [0.2, 0.25) is 0 Å². The number of phenols is 3. The molecule has 4 heterocycles. The first-order chi connectivity index (χ1) is 25.5. The third kappa shape index (κ3) is 7.39. The van der Waals surface area contributed by atoms with Crippen molar-refractivity contribution in [3.63, 3.8) is 0 Å². The number of aromatic hydroxyl groups is 3. The Hall–Kier alpha value is -3.91. The zero-order valence-electron chi connectivity index (χ0n) is 28.0. The van der Waals surface area contributed by atoms with E-state index in [9.17, 15) is 71.2 Å². The Balaban J connectivity index is 1.31. The predicted molar refractivity (Wildman–Crippen MR) is 173 cm³/mol. The summed E-state index contributed by atoms with van der Waals surface area (Å²) in [7, 11) is 0. The molecule has 0 saturated carbocycles. The summed E-state index contributed by atoms with van der Waals surface area (Å²) in [5, 5.41) is 133. The van der Waals surface area contributed by atoms with Crippen LogP contribution >= 0.6 is 0 Å². The van der Waals surface area contributed by atoms with E-state index < -0.39 is 150 Å². The third-order valence-electron chi connectivity index (χ3n) is 9.38. The summed E-state index contributed by atoms with van der Waals surface area (Å²) in [6.07, 6.45) is -25.0. The summed E-state index contributed by atoms with van der Waals surface area (Å²) in [5.74, 6) is -3.60. The average Bonchev–Trinajstić information content (AvgIpc) is 3.14. The van der Waals surface area contributed by atoms with Gasteiger partial charge in [0.2, 0.25) is 23.8 Å². The Morgan fingerprint density at radius 3 is 1.87 bits per heavy atom. The Kier molecular flexibility index (Phi) is 11.5. The van der Waals surface area contributed by atoms with Crippen molar-refractivity contribution in [3.8, 4) is 40.1 Å². The van der Waals surface area contributed by atoms with E-state index in [0.29, 0.717) is 0 Å². The first-order valence-electron chi connectivity index (χ1n) is 16.5. The van der Waals surface area contributed by atoms with Gasteiger partial charge >= 0.3 is 0 Å². The summed E-state index contributed by atoms with van der Waals surface area (Å²) in [5.41, 5.74) is -1.63. The lowest BCUT2D eigenvalue weighted by molar-refractivity contribution is -0.318. The van der Waals surface area contributed by atoms with Gasteiger partial charge in [-0.2, -0.15) is 0 Å². The maximum Gasteiger partial charge on any atom is 0.239 e. The molecule has 0 unspecified atom stereocenters. The van der Waals surface area contributed by atoms with Gasteiger partial charge in [-0.25, -0.2) is 0 Å². The molecule has 0 spiro atoms. The predicted octanol–water partition coefficient (Wildman–Crippen LogP) is -4.21. The number of ether oxygens (including phenoxy) is 6. The average molecular weight is 773 g/mol. The number of phenolic OH excluding ortho intramolecular Hbond substituents is 3. The fourth-order valence-corrected chi connectivity index (χ4v) is 6.19. The number of rotatable bonds is 9. The molecule has 0 radical (unpaired) electrons. The maximum absolute atomic E-state index is 13.9. The molecule has 1 aromatic heterocycles. The zero-order chi connectivity index (χ0) is 39.3. The highest BCUT2D eigenvalue weighted by Gasteiger charge is 2.48. The molecule has 2 aromatic carbocycles. The second-order valence-electron chi connectivity index (χ2n) is 13.1. The Morgan fingerprint density at radius 2 is 1.22 bits per heavy atom. The largest absolute Gasteiger partial charge is 0.507 e. The number of aliphatic hydroxyl groups is 10. The molecule has 3 fully saturated rings. The monoisotopic (exact) mass is 772 g/mol. The van der Waals surface area contributed by atoms with Gasteiger partial charge in [0.25, 0.3) is 0 Å². The highest BCUT2D eigenvalue weighted by Crippen LogP contribution is 2.40. The van der Waals surface area contributed by atoms with Gasteiger partial charge in [-0.3, -0.25) is 4.79 Å². The molecule has 0 aliphatic carbocycles. The number of fused-ring (bicyclic) bond motifs is 1. The van der Waals surface area contributed by atoms with E-state index in [1.54, 1.807) is 0 Å². The van der Waals surface area contributed by atoms with Gasteiger partial charge in [0.15, 0.2) is 23.5 Å². The van der Waals surface area contributed by atoms with Crippen LogP contribution in [0.5, 0.6) is 28.7 Å².